The molecule has 1 aliphatic carbocycles. The minimum atomic E-state index is 0.570. The van der Waals surface area contributed by atoms with Crippen LogP contribution in [0.15, 0.2) is 6.33 Å². The maximum absolute atomic E-state index is 4.46. The monoisotopic (exact) mass is 278 g/mol. The van der Waals surface area contributed by atoms with E-state index in [9.17, 15) is 0 Å². The van der Waals surface area contributed by atoms with Gasteiger partial charge in [0.05, 0.1) is 0 Å². The lowest BCUT2D eigenvalue weighted by atomic mass is 9.93. The molecule has 0 saturated heterocycles. The molecule has 1 fully saturated rings. The molecule has 0 bridgehead atoms. The second-order valence-corrected chi connectivity index (χ2v) is 6.10. The Balaban J connectivity index is 2.00. The zero-order chi connectivity index (χ0) is 14.4. The van der Waals surface area contributed by atoms with Crippen molar-refractivity contribution in [1.82, 2.24) is 20.1 Å². The molecule has 0 spiro atoms. The molecule has 1 saturated carbocycles. The SMILES string of the molecule is CCCNC(Cc1ncnn1CC)C1CCC(CC)C1. The predicted octanol–water partition coefficient (Wildman–Crippen LogP) is 3.04. The summed E-state index contributed by atoms with van der Waals surface area (Å²) in [5.74, 6) is 2.89. The van der Waals surface area contributed by atoms with Gasteiger partial charge in [0.15, 0.2) is 0 Å². The average Bonchev–Trinajstić information content (AvgIpc) is 3.11. The van der Waals surface area contributed by atoms with Crippen molar-refractivity contribution in [1.29, 1.82) is 0 Å². The van der Waals surface area contributed by atoms with Crippen molar-refractivity contribution in [3.05, 3.63) is 12.2 Å². The van der Waals surface area contributed by atoms with Gasteiger partial charge in [-0.3, -0.25) is 4.68 Å². The number of rotatable bonds is 8. The fourth-order valence-electron chi connectivity index (χ4n) is 3.49. The van der Waals surface area contributed by atoms with E-state index >= 15 is 0 Å². The average molecular weight is 278 g/mol. The summed E-state index contributed by atoms with van der Waals surface area (Å²) in [6.07, 6.45) is 9.42. The molecule has 114 valence electrons. The van der Waals surface area contributed by atoms with Crippen LogP contribution in [0.1, 0.15) is 58.7 Å². The molecule has 1 N–H and O–H groups in total. The molecule has 4 heteroatoms. The van der Waals surface area contributed by atoms with Gasteiger partial charge in [-0.05, 0) is 44.6 Å². The molecule has 3 unspecified atom stereocenters. The van der Waals surface area contributed by atoms with Crippen LogP contribution in [0.3, 0.4) is 0 Å². The molecule has 0 radical (unpaired) electrons. The lowest BCUT2D eigenvalue weighted by molar-refractivity contribution is 0.335. The highest BCUT2D eigenvalue weighted by Gasteiger charge is 2.30. The van der Waals surface area contributed by atoms with E-state index in [2.05, 4.69) is 36.2 Å². The Hall–Kier alpha value is -0.900. The van der Waals surface area contributed by atoms with Gasteiger partial charge < -0.3 is 5.32 Å². The van der Waals surface area contributed by atoms with Crippen LogP contribution in [0, 0.1) is 11.8 Å². The molecule has 0 amide bonds. The van der Waals surface area contributed by atoms with E-state index < -0.39 is 0 Å². The first kappa shape index (κ1) is 15.5. The Labute approximate surface area is 123 Å². The quantitative estimate of drug-likeness (QED) is 0.795. The van der Waals surface area contributed by atoms with Gasteiger partial charge in [0.25, 0.3) is 0 Å². The van der Waals surface area contributed by atoms with Gasteiger partial charge >= 0.3 is 0 Å². The Kier molecular flexibility index (Phi) is 6.02. The summed E-state index contributed by atoms with van der Waals surface area (Å²) < 4.78 is 2.03. The van der Waals surface area contributed by atoms with E-state index in [4.69, 9.17) is 0 Å². The van der Waals surface area contributed by atoms with Crippen LogP contribution in [0.5, 0.6) is 0 Å². The van der Waals surface area contributed by atoms with Gasteiger partial charge in [0.1, 0.15) is 12.2 Å². The van der Waals surface area contributed by atoms with E-state index in [0.29, 0.717) is 6.04 Å². The van der Waals surface area contributed by atoms with Gasteiger partial charge in [0, 0.05) is 19.0 Å². The van der Waals surface area contributed by atoms with Crippen LogP contribution in [0.4, 0.5) is 0 Å². The minimum absolute atomic E-state index is 0.570. The second-order valence-electron chi connectivity index (χ2n) is 6.10. The predicted molar refractivity (Wildman–Crippen MR) is 82.6 cm³/mol. The molecule has 1 aliphatic rings. The zero-order valence-electron chi connectivity index (χ0n) is 13.3. The van der Waals surface area contributed by atoms with E-state index in [1.54, 1.807) is 6.33 Å². The smallest absolute Gasteiger partial charge is 0.138 e. The Bertz CT molecular complexity index is 388. The van der Waals surface area contributed by atoms with Crippen LogP contribution in [0.25, 0.3) is 0 Å². The molecule has 20 heavy (non-hydrogen) atoms. The fraction of sp³-hybridized carbons (Fsp3) is 0.875. The maximum atomic E-state index is 4.46. The third-order valence-electron chi connectivity index (χ3n) is 4.78. The molecular formula is C16H30N4. The van der Waals surface area contributed by atoms with E-state index in [1.807, 2.05) is 4.68 Å². The van der Waals surface area contributed by atoms with Crippen LogP contribution < -0.4 is 5.32 Å². The summed E-state index contributed by atoms with van der Waals surface area (Å²) >= 11 is 0. The number of hydrogen-bond acceptors (Lipinski definition) is 3. The standard InChI is InChI=1S/C16H30N4/c1-4-9-17-15(14-8-7-13(5-2)10-14)11-16-18-12-19-20(16)6-3/h12-15,17H,4-11H2,1-3H3. The number of hydrogen-bond donors (Lipinski definition) is 1. The van der Waals surface area contributed by atoms with Crippen LogP contribution in [-0.2, 0) is 13.0 Å². The Morgan fingerprint density at radius 1 is 1.35 bits per heavy atom. The van der Waals surface area contributed by atoms with E-state index in [1.165, 1.54) is 32.1 Å². The van der Waals surface area contributed by atoms with Crippen molar-refractivity contribution in [2.75, 3.05) is 6.54 Å². The van der Waals surface area contributed by atoms with Crippen molar-refractivity contribution in [2.24, 2.45) is 11.8 Å². The maximum Gasteiger partial charge on any atom is 0.138 e. The fourth-order valence-corrected chi connectivity index (χ4v) is 3.49. The van der Waals surface area contributed by atoms with Crippen LogP contribution in [0.2, 0.25) is 0 Å². The number of aromatic nitrogens is 3. The van der Waals surface area contributed by atoms with Crippen molar-refractivity contribution in [3.8, 4) is 0 Å². The van der Waals surface area contributed by atoms with Crippen LogP contribution >= 0.6 is 0 Å². The lowest BCUT2D eigenvalue weighted by Crippen LogP contribution is -2.38. The van der Waals surface area contributed by atoms with Crippen LogP contribution in [-0.4, -0.2) is 27.4 Å². The van der Waals surface area contributed by atoms with E-state index in [-0.39, 0.29) is 0 Å². The Morgan fingerprint density at radius 2 is 2.20 bits per heavy atom. The summed E-state index contributed by atoms with van der Waals surface area (Å²) in [5.41, 5.74) is 0. The molecule has 2 rings (SSSR count). The molecule has 1 aromatic rings. The van der Waals surface area contributed by atoms with Gasteiger partial charge in [-0.1, -0.05) is 26.7 Å². The Morgan fingerprint density at radius 3 is 2.85 bits per heavy atom. The third kappa shape index (κ3) is 3.81. The highest BCUT2D eigenvalue weighted by atomic mass is 15.3. The molecule has 3 atom stereocenters. The van der Waals surface area contributed by atoms with Gasteiger partial charge in [0.2, 0.25) is 0 Å². The molecule has 0 aromatic carbocycles. The first-order valence-corrected chi connectivity index (χ1v) is 8.38. The summed E-state index contributed by atoms with van der Waals surface area (Å²) in [4.78, 5) is 4.46. The molecule has 4 nitrogen and oxygen atoms in total. The van der Waals surface area contributed by atoms with Crippen molar-refractivity contribution < 1.29 is 0 Å². The lowest BCUT2D eigenvalue weighted by Gasteiger charge is -2.25. The number of aryl methyl sites for hydroxylation is 1. The van der Waals surface area contributed by atoms with Gasteiger partial charge in [-0.25, -0.2) is 4.98 Å². The summed E-state index contributed by atoms with van der Waals surface area (Å²) in [6, 6.07) is 0.570. The zero-order valence-corrected chi connectivity index (χ0v) is 13.3. The number of nitrogens with one attached hydrogen (secondary N) is 1. The molecular weight excluding hydrogens is 248 g/mol. The minimum Gasteiger partial charge on any atom is -0.313 e. The number of nitrogens with zero attached hydrogens (tertiary/aromatic N) is 3. The van der Waals surface area contributed by atoms with E-state index in [0.717, 1.165) is 37.2 Å². The van der Waals surface area contributed by atoms with Gasteiger partial charge in [-0.15, -0.1) is 0 Å². The largest absolute Gasteiger partial charge is 0.313 e. The molecule has 1 aromatic heterocycles. The molecule has 1 heterocycles. The van der Waals surface area contributed by atoms with Crippen molar-refractivity contribution in [3.63, 3.8) is 0 Å². The summed E-state index contributed by atoms with van der Waals surface area (Å²) in [7, 11) is 0. The highest BCUT2D eigenvalue weighted by molar-refractivity contribution is 4.94. The highest BCUT2D eigenvalue weighted by Crippen LogP contribution is 2.35. The third-order valence-corrected chi connectivity index (χ3v) is 4.78. The summed E-state index contributed by atoms with van der Waals surface area (Å²) in [6.45, 7) is 8.73. The normalized spacial score (nSPS) is 24.1. The first-order chi connectivity index (χ1) is 9.78. The van der Waals surface area contributed by atoms with Gasteiger partial charge in [-0.2, -0.15) is 5.10 Å². The first-order valence-electron chi connectivity index (χ1n) is 8.38. The van der Waals surface area contributed by atoms with Crippen molar-refractivity contribution >= 4 is 0 Å². The molecule has 0 aliphatic heterocycles. The van der Waals surface area contributed by atoms with Crippen molar-refractivity contribution in [2.45, 2.75) is 71.9 Å². The summed E-state index contributed by atoms with van der Waals surface area (Å²) in [5, 5.41) is 8.07. The second kappa shape index (κ2) is 7.77. The topological polar surface area (TPSA) is 42.7 Å².